The molecule has 0 heterocycles. The number of anilines is 1. The van der Waals surface area contributed by atoms with Crippen molar-refractivity contribution in [1.29, 1.82) is 0 Å². The summed E-state index contributed by atoms with van der Waals surface area (Å²) < 4.78 is 31.9. The number of halogens is 2. The molecule has 0 saturated carbocycles. The minimum absolute atomic E-state index is 0.0284. The topological polar surface area (TPSA) is 96.0 Å². The van der Waals surface area contributed by atoms with Gasteiger partial charge in [-0.2, -0.15) is 0 Å². The van der Waals surface area contributed by atoms with E-state index >= 15 is 0 Å². The first-order valence-corrected chi connectivity index (χ1v) is 14.1. The molecule has 2 aromatic carbocycles. The smallest absolute Gasteiger partial charge is 0.244 e. The highest BCUT2D eigenvalue weighted by Gasteiger charge is 2.31. The van der Waals surface area contributed by atoms with Crippen LogP contribution in [0.3, 0.4) is 0 Å². The van der Waals surface area contributed by atoms with E-state index in [0.29, 0.717) is 27.9 Å². The second-order valence-electron chi connectivity index (χ2n) is 8.54. The molecular weight excluding hydrogens is 525 g/mol. The number of nitrogens with one attached hydrogen (secondary N) is 1. The van der Waals surface area contributed by atoms with Crippen molar-refractivity contribution in [2.45, 2.75) is 46.2 Å². The van der Waals surface area contributed by atoms with Crippen molar-refractivity contribution in [2.24, 2.45) is 0 Å². The van der Waals surface area contributed by atoms with E-state index in [1.807, 2.05) is 13.8 Å². The molecule has 1 atom stereocenters. The van der Waals surface area contributed by atoms with E-state index in [0.717, 1.165) is 29.0 Å². The van der Waals surface area contributed by atoms with Crippen LogP contribution in [-0.2, 0) is 26.2 Å². The van der Waals surface area contributed by atoms with Gasteiger partial charge in [0.05, 0.1) is 29.1 Å². The average Bonchev–Trinajstić information content (AvgIpc) is 2.81. The van der Waals surface area contributed by atoms with Gasteiger partial charge in [-0.1, -0.05) is 48.7 Å². The van der Waals surface area contributed by atoms with Crippen LogP contribution < -0.4 is 14.4 Å². The molecule has 36 heavy (non-hydrogen) atoms. The molecule has 1 unspecified atom stereocenters. The standard InChI is InChI=1S/C25H33Cl2N3O5S/c1-6-7-12-28-25(32)18(3)29(15-19-9-10-20(26)21(27)14-19)24(31)16-30(36(5,33)34)22-13-17(2)8-11-23(22)35-4/h8-11,13-14,18H,6-7,12,15-16H2,1-5H3,(H,28,32). The minimum Gasteiger partial charge on any atom is -0.495 e. The Kier molecular flexibility index (Phi) is 10.9. The third-order valence-electron chi connectivity index (χ3n) is 5.62. The zero-order valence-electron chi connectivity index (χ0n) is 21.2. The number of rotatable bonds is 12. The van der Waals surface area contributed by atoms with Gasteiger partial charge in [0.1, 0.15) is 18.3 Å². The van der Waals surface area contributed by atoms with Gasteiger partial charge in [-0.25, -0.2) is 8.42 Å². The molecule has 0 spiro atoms. The second kappa shape index (κ2) is 13.2. The average molecular weight is 559 g/mol. The number of amides is 2. The van der Waals surface area contributed by atoms with E-state index in [1.165, 1.54) is 12.0 Å². The van der Waals surface area contributed by atoms with Gasteiger partial charge in [0.15, 0.2) is 0 Å². The first kappa shape index (κ1) is 29.7. The molecule has 0 fully saturated rings. The summed E-state index contributed by atoms with van der Waals surface area (Å²) >= 11 is 12.2. The molecule has 1 N–H and O–H groups in total. The summed E-state index contributed by atoms with van der Waals surface area (Å²) in [6, 6.07) is 9.11. The minimum atomic E-state index is -3.88. The Labute approximate surface area is 223 Å². The third kappa shape index (κ3) is 8.01. The first-order chi connectivity index (χ1) is 16.9. The monoisotopic (exact) mass is 557 g/mol. The Bertz CT molecular complexity index is 1190. The number of carbonyl (C=O) groups excluding carboxylic acids is 2. The fourth-order valence-corrected chi connectivity index (χ4v) is 4.71. The number of hydrogen-bond donors (Lipinski definition) is 1. The van der Waals surface area contributed by atoms with Crippen LogP contribution in [0.2, 0.25) is 10.0 Å². The van der Waals surface area contributed by atoms with Crippen LogP contribution in [0.1, 0.15) is 37.8 Å². The molecule has 0 aliphatic heterocycles. The molecule has 2 amide bonds. The summed E-state index contributed by atoms with van der Waals surface area (Å²) in [5, 5.41) is 3.50. The van der Waals surface area contributed by atoms with Gasteiger partial charge in [0, 0.05) is 13.1 Å². The SMILES string of the molecule is CCCCNC(=O)C(C)N(Cc1ccc(Cl)c(Cl)c1)C(=O)CN(c1cc(C)ccc1OC)S(C)(=O)=O. The van der Waals surface area contributed by atoms with Crippen LogP contribution in [0.25, 0.3) is 0 Å². The summed E-state index contributed by atoms with van der Waals surface area (Å²) in [5.74, 6) is -0.593. The maximum absolute atomic E-state index is 13.6. The summed E-state index contributed by atoms with van der Waals surface area (Å²) in [7, 11) is -2.45. The van der Waals surface area contributed by atoms with Gasteiger partial charge in [-0.05, 0) is 55.7 Å². The van der Waals surface area contributed by atoms with E-state index < -0.39 is 28.5 Å². The van der Waals surface area contributed by atoms with Crippen LogP contribution in [0.4, 0.5) is 5.69 Å². The molecule has 0 aliphatic rings. The summed E-state index contributed by atoms with van der Waals surface area (Å²) in [4.78, 5) is 27.8. The lowest BCUT2D eigenvalue weighted by Gasteiger charge is -2.32. The molecule has 8 nitrogen and oxygen atoms in total. The zero-order valence-corrected chi connectivity index (χ0v) is 23.5. The summed E-state index contributed by atoms with van der Waals surface area (Å²) in [6.45, 7) is 5.41. The Morgan fingerprint density at radius 1 is 1.11 bits per heavy atom. The van der Waals surface area contributed by atoms with Gasteiger partial charge >= 0.3 is 0 Å². The molecule has 0 aliphatic carbocycles. The first-order valence-electron chi connectivity index (χ1n) is 11.5. The lowest BCUT2D eigenvalue weighted by Crippen LogP contribution is -2.51. The highest BCUT2D eigenvalue weighted by atomic mass is 35.5. The number of unbranched alkanes of at least 4 members (excludes halogenated alkanes) is 1. The lowest BCUT2D eigenvalue weighted by atomic mass is 10.1. The number of aryl methyl sites for hydroxylation is 1. The Morgan fingerprint density at radius 2 is 1.81 bits per heavy atom. The van der Waals surface area contributed by atoms with Crippen LogP contribution in [0.15, 0.2) is 36.4 Å². The van der Waals surface area contributed by atoms with Crippen molar-refractivity contribution in [3.63, 3.8) is 0 Å². The highest BCUT2D eigenvalue weighted by Crippen LogP contribution is 2.31. The van der Waals surface area contributed by atoms with Crippen LogP contribution in [-0.4, -0.2) is 57.6 Å². The number of ether oxygens (including phenoxy) is 1. The van der Waals surface area contributed by atoms with E-state index in [-0.39, 0.29) is 18.1 Å². The largest absolute Gasteiger partial charge is 0.495 e. The Balaban J connectivity index is 2.44. The lowest BCUT2D eigenvalue weighted by molar-refractivity contribution is -0.139. The molecule has 2 aromatic rings. The van der Waals surface area contributed by atoms with Crippen molar-refractivity contribution in [2.75, 3.05) is 30.8 Å². The molecule has 198 valence electrons. The molecule has 0 aromatic heterocycles. The van der Waals surface area contributed by atoms with Crippen molar-refractivity contribution < 1.29 is 22.7 Å². The van der Waals surface area contributed by atoms with Crippen molar-refractivity contribution in [1.82, 2.24) is 10.2 Å². The number of carbonyl (C=O) groups is 2. The Morgan fingerprint density at radius 3 is 2.39 bits per heavy atom. The predicted molar refractivity (Wildman–Crippen MR) is 144 cm³/mol. The predicted octanol–water partition coefficient (Wildman–Crippen LogP) is 4.41. The fourth-order valence-electron chi connectivity index (χ4n) is 3.54. The quantitative estimate of drug-likeness (QED) is 0.390. The molecule has 11 heteroatoms. The molecule has 0 radical (unpaired) electrons. The number of methoxy groups -OCH3 is 1. The maximum Gasteiger partial charge on any atom is 0.244 e. The molecule has 0 bridgehead atoms. The van der Waals surface area contributed by atoms with Crippen LogP contribution in [0.5, 0.6) is 5.75 Å². The molecule has 0 saturated heterocycles. The number of benzene rings is 2. The van der Waals surface area contributed by atoms with Gasteiger partial charge in [0.25, 0.3) is 0 Å². The van der Waals surface area contributed by atoms with Crippen molar-refractivity contribution >= 4 is 50.7 Å². The van der Waals surface area contributed by atoms with E-state index in [9.17, 15) is 18.0 Å². The van der Waals surface area contributed by atoms with Gasteiger partial charge in [0.2, 0.25) is 21.8 Å². The van der Waals surface area contributed by atoms with Crippen molar-refractivity contribution in [3.05, 3.63) is 57.6 Å². The fraction of sp³-hybridized carbons (Fsp3) is 0.440. The van der Waals surface area contributed by atoms with E-state index in [2.05, 4.69) is 5.32 Å². The summed E-state index contributed by atoms with van der Waals surface area (Å²) in [5.41, 5.74) is 1.68. The van der Waals surface area contributed by atoms with E-state index in [1.54, 1.807) is 43.3 Å². The zero-order chi connectivity index (χ0) is 27.0. The number of sulfonamides is 1. The summed E-state index contributed by atoms with van der Waals surface area (Å²) in [6.07, 6.45) is 2.72. The van der Waals surface area contributed by atoms with Gasteiger partial charge in [-0.15, -0.1) is 0 Å². The van der Waals surface area contributed by atoms with Crippen LogP contribution in [0, 0.1) is 6.92 Å². The maximum atomic E-state index is 13.6. The second-order valence-corrected chi connectivity index (χ2v) is 11.3. The van der Waals surface area contributed by atoms with Crippen LogP contribution >= 0.6 is 23.2 Å². The number of hydrogen-bond acceptors (Lipinski definition) is 5. The third-order valence-corrected chi connectivity index (χ3v) is 7.48. The van der Waals surface area contributed by atoms with Crippen molar-refractivity contribution in [3.8, 4) is 5.75 Å². The van der Waals surface area contributed by atoms with E-state index in [4.69, 9.17) is 27.9 Å². The number of nitrogens with zero attached hydrogens (tertiary/aromatic N) is 2. The highest BCUT2D eigenvalue weighted by molar-refractivity contribution is 7.92. The normalized spacial score (nSPS) is 12.1. The molecular formula is C25H33Cl2N3O5S. The Hall–Kier alpha value is -2.49. The van der Waals surface area contributed by atoms with Gasteiger partial charge < -0.3 is 15.0 Å². The molecule has 2 rings (SSSR count). The van der Waals surface area contributed by atoms with Gasteiger partial charge in [-0.3, -0.25) is 13.9 Å².